The predicted molar refractivity (Wildman–Crippen MR) is 177 cm³/mol. The molecular formula is C31H43IN6O6S. The van der Waals surface area contributed by atoms with Gasteiger partial charge in [0.1, 0.15) is 20.0 Å². The molecule has 12 nitrogen and oxygen atoms in total. The van der Waals surface area contributed by atoms with Crippen LogP contribution in [-0.2, 0) is 19.0 Å². The number of halogens is 1. The van der Waals surface area contributed by atoms with E-state index in [0.717, 1.165) is 41.2 Å². The molecule has 0 aromatic carbocycles. The van der Waals surface area contributed by atoms with Crippen LogP contribution in [0.25, 0.3) is 11.0 Å². The number of ether oxygens (including phenoxy) is 3. The Bertz CT molecular complexity index is 1500. The van der Waals surface area contributed by atoms with Crippen LogP contribution in [0.4, 0.5) is 4.79 Å². The second-order valence-electron chi connectivity index (χ2n) is 13.6. The van der Waals surface area contributed by atoms with Crippen molar-refractivity contribution in [1.82, 2.24) is 24.6 Å². The van der Waals surface area contributed by atoms with Crippen molar-refractivity contribution in [2.24, 2.45) is 16.5 Å². The van der Waals surface area contributed by atoms with Gasteiger partial charge in [0.15, 0.2) is 23.0 Å². The number of rotatable bonds is 5. The smallest absolute Gasteiger partial charge is 0.410 e. The summed E-state index contributed by atoms with van der Waals surface area (Å²) in [5.74, 6) is -1.40. The van der Waals surface area contributed by atoms with Crippen LogP contribution < -0.4 is 0 Å². The molecule has 2 aliphatic heterocycles. The number of likely N-dealkylation sites (tertiary alicyclic amines) is 1. The maximum atomic E-state index is 14.5. The Hall–Kier alpha value is -2.04. The number of carbonyl (C=O) groups is 2. The van der Waals surface area contributed by atoms with E-state index < -0.39 is 22.7 Å². The number of aromatic nitrogens is 4. The molecule has 2 aromatic rings. The Balaban J connectivity index is 1.37. The third-order valence-electron chi connectivity index (χ3n) is 9.93. The summed E-state index contributed by atoms with van der Waals surface area (Å²) in [6, 6.07) is -0.370. The topological polar surface area (TPSA) is 141 Å². The van der Waals surface area contributed by atoms with E-state index in [-0.39, 0.29) is 35.5 Å². The molecule has 2 aromatic heterocycles. The molecule has 1 unspecified atom stereocenters. The Labute approximate surface area is 281 Å². The van der Waals surface area contributed by atoms with E-state index in [4.69, 9.17) is 29.3 Å². The van der Waals surface area contributed by atoms with Gasteiger partial charge >= 0.3 is 6.09 Å². The Morgan fingerprint density at radius 3 is 2.53 bits per heavy atom. The van der Waals surface area contributed by atoms with Crippen molar-refractivity contribution >= 4 is 63.0 Å². The molecule has 2 aliphatic carbocycles. The van der Waals surface area contributed by atoms with Crippen LogP contribution >= 0.6 is 34.4 Å². The van der Waals surface area contributed by atoms with Gasteiger partial charge in [0.05, 0.1) is 42.0 Å². The molecule has 2 saturated heterocycles. The highest BCUT2D eigenvalue weighted by molar-refractivity contribution is 14.1. The van der Waals surface area contributed by atoms with E-state index >= 15 is 0 Å². The monoisotopic (exact) mass is 754 g/mol. The SMILES string of the molecule is CSc1nc(/C(=N\O)C2CCC[C@@]3(CCCCC34OCCO4)C2=O)nc2c1c(I)nn2[C@@H](C)[C@@H]1CCCN1C(=O)OC(C)(C)C. The molecule has 246 valence electrons. The molecule has 4 heterocycles. The molecule has 6 rings (SSSR count). The summed E-state index contributed by atoms with van der Waals surface area (Å²) in [6.07, 6.45) is 8.51. The number of Topliss-reactive ketones (excluding diaryl/α,β-unsaturated/α-hetero) is 1. The number of hydrogen-bond acceptors (Lipinski definition) is 11. The Kier molecular flexibility index (Phi) is 9.16. The zero-order valence-electron chi connectivity index (χ0n) is 26.7. The lowest BCUT2D eigenvalue weighted by Crippen LogP contribution is -2.60. The normalized spacial score (nSPS) is 28.0. The minimum Gasteiger partial charge on any atom is -0.444 e. The highest BCUT2D eigenvalue weighted by Crippen LogP contribution is 2.56. The summed E-state index contributed by atoms with van der Waals surface area (Å²) in [5, 5.41) is 20.6. The van der Waals surface area contributed by atoms with Crippen LogP contribution in [0, 0.1) is 15.0 Å². The van der Waals surface area contributed by atoms with Crippen LogP contribution in [0.1, 0.15) is 97.3 Å². The molecule has 4 fully saturated rings. The molecule has 1 N–H and O–H groups in total. The number of hydrogen-bond donors (Lipinski definition) is 1. The predicted octanol–water partition coefficient (Wildman–Crippen LogP) is 5.96. The summed E-state index contributed by atoms with van der Waals surface area (Å²) in [7, 11) is 0. The second-order valence-corrected chi connectivity index (χ2v) is 15.5. The number of amides is 1. The number of fused-ring (bicyclic) bond motifs is 2. The third kappa shape index (κ3) is 5.64. The van der Waals surface area contributed by atoms with Crippen molar-refractivity contribution in [2.45, 2.75) is 114 Å². The zero-order chi connectivity index (χ0) is 32.1. The van der Waals surface area contributed by atoms with Gasteiger partial charge in [0, 0.05) is 13.0 Å². The van der Waals surface area contributed by atoms with E-state index in [9.17, 15) is 14.8 Å². The number of ketones is 1. The first-order chi connectivity index (χ1) is 21.4. The fourth-order valence-corrected chi connectivity index (χ4v) is 9.44. The van der Waals surface area contributed by atoms with E-state index in [1.54, 1.807) is 4.90 Å². The summed E-state index contributed by atoms with van der Waals surface area (Å²) in [4.78, 5) is 39.3. The summed E-state index contributed by atoms with van der Waals surface area (Å²) < 4.78 is 20.8. The van der Waals surface area contributed by atoms with E-state index in [0.29, 0.717) is 56.1 Å². The van der Waals surface area contributed by atoms with Crippen molar-refractivity contribution in [3.63, 3.8) is 0 Å². The first-order valence-electron chi connectivity index (χ1n) is 16.0. The van der Waals surface area contributed by atoms with Gasteiger partial charge in [-0.3, -0.25) is 4.79 Å². The molecule has 2 saturated carbocycles. The molecule has 1 amide bonds. The summed E-state index contributed by atoms with van der Waals surface area (Å²) >= 11 is 3.65. The van der Waals surface area contributed by atoms with Crippen molar-refractivity contribution < 1.29 is 29.0 Å². The minimum atomic E-state index is -0.914. The lowest BCUT2D eigenvalue weighted by molar-refractivity contribution is -0.255. The first kappa shape index (κ1) is 32.9. The van der Waals surface area contributed by atoms with Crippen molar-refractivity contribution in [3.8, 4) is 0 Å². The van der Waals surface area contributed by atoms with Crippen LogP contribution in [0.5, 0.6) is 0 Å². The molecule has 2 spiro atoms. The van der Waals surface area contributed by atoms with Crippen LogP contribution in [0.3, 0.4) is 0 Å². The average molecular weight is 755 g/mol. The quantitative estimate of drug-likeness (QED) is 0.0971. The second kappa shape index (κ2) is 12.5. The van der Waals surface area contributed by atoms with Crippen molar-refractivity contribution in [2.75, 3.05) is 26.0 Å². The number of carbonyl (C=O) groups excluding carboxylic acids is 2. The number of thioether (sulfide) groups is 1. The van der Waals surface area contributed by atoms with Gasteiger partial charge in [-0.1, -0.05) is 18.0 Å². The van der Waals surface area contributed by atoms with Crippen LogP contribution in [-0.4, -0.2) is 90.9 Å². The summed E-state index contributed by atoms with van der Waals surface area (Å²) in [6.45, 7) is 9.20. The van der Waals surface area contributed by atoms with Gasteiger partial charge in [-0.15, -0.1) is 11.8 Å². The lowest BCUT2D eigenvalue weighted by Gasteiger charge is -2.52. The minimum absolute atomic E-state index is 0.00652. The zero-order valence-corrected chi connectivity index (χ0v) is 29.6. The first-order valence-corrected chi connectivity index (χ1v) is 18.3. The average Bonchev–Trinajstić information content (AvgIpc) is 3.76. The maximum absolute atomic E-state index is 14.5. The van der Waals surface area contributed by atoms with E-state index in [1.165, 1.54) is 11.8 Å². The van der Waals surface area contributed by atoms with Crippen LogP contribution in [0.15, 0.2) is 10.2 Å². The molecule has 45 heavy (non-hydrogen) atoms. The van der Waals surface area contributed by atoms with Crippen molar-refractivity contribution in [3.05, 3.63) is 9.53 Å². The van der Waals surface area contributed by atoms with Crippen LogP contribution in [0.2, 0.25) is 0 Å². The van der Waals surface area contributed by atoms with Gasteiger partial charge < -0.3 is 24.3 Å². The molecule has 14 heteroatoms. The van der Waals surface area contributed by atoms with Gasteiger partial charge in [-0.2, -0.15) is 5.10 Å². The molecule has 4 atom stereocenters. The van der Waals surface area contributed by atoms with E-state index in [2.05, 4.69) is 27.7 Å². The lowest BCUT2D eigenvalue weighted by atomic mass is 9.57. The Morgan fingerprint density at radius 1 is 1.13 bits per heavy atom. The molecule has 4 aliphatic rings. The Morgan fingerprint density at radius 2 is 1.84 bits per heavy atom. The maximum Gasteiger partial charge on any atom is 0.410 e. The molecular weight excluding hydrogens is 711 g/mol. The largest absolute Gasteiger partial charge is 0.444 e. The van der Waals surface area contributed by atoms with Gasteiger partial charge in [0.25, 0.3) is 0 Å². The highest BCUT2D eigenvalue weighted by Gasteiger charge is 2.63. The number of oxime groups is 1. The van der Waals surface area contributed by atoms with Gasteiger partial charge in [0.2, 0.25) is 0 Å². The summed E-state index contributed by atoms with van der Waals surface area (Å²) in [5.41, 5.74) is -0.639. The fourth-order valence-electron chi connectivity index (χ4n) is 7.96. The van der Waals surface area contributed by atoms with Crippen molar-refractivity contribution in [1.29, 1.82) is 0 Å². The fraction of sp³-hybridized carbons (Fsp3) is 0.742. The van der Waals surface area contributed by atoms with Gasteiger partial charge in [-0.05, 0) is 95.1 Å². The standard InChI is InChI=1S/C31H43IN6O6S/c1-18(20-11-9-15-37(20)28(40)44-29(2,3)4)38-26-21(24(32)35-38)27(45-5)34-25(33-26)22(36-41)19-10-8-13-30(23(19)39)12-6-7-14-31(30)42-16-17-43-31/h18-20,41H,6-17H2,1-5H3/b36-22-/t18-,19?,20-,30-/m0/s1. The number of nitrogens with zero attached hydrogens (tertiary/aromatic N) is 6. The molecule has 0 bridgehead atoms. The van der Waals surface area contributed by atoms with Gasteiger partial charge in [-0.25, -0.2) is 19.4 Å². The molecule has 0 radical (unpaired) electrons. The van der Waals surface area contributed by atoms with E-state index in [1.807, 2.05) is 38.6 Å². The third-order valence-corrected chi connectivity index (χ3v) is 11.4. The highest BCUT2D eigenvalue weighted by atomic mass is 127.